The lowest BCUT2D eigenvalue weighted by Gasteiger charge is -2.34. The summed E-state index contributed by atoms with van der Waals surface area (Å²) in [4.78, 5) is 16.7. The predicted octanol–water partition coefficient (Wildman–Crippen LogP) is 4.62. The number of carbonyl (C=O) groups excluding carboxylic acids is 1. The van der Waals surface area contributed by atoms with Gasteiger partial charge in [0, 0.05) is 38.8 Å². The Morgan fingerprint density at radius 1 is 0.833 bits per heavy atom. The molecule has 1 saturated heterocycles. The van der Waals surface area contributed by atoms with Gasteiger partial charge in [-0.05, 0) is 28.8 Å². The third-order valence-corrected chi connectivity index (χ3v) is 6.22. The van der Waals surface area contributed by atoms with Crippen molar-refractivity contribution >= 4 is 12.0 Å². The number of piperazine rings is 1. The molecule has 4 rings (SSSR count). The number of phenolic OH excluding ortho intramolecular Hbond substituents is 2. The minimum atomic E-state index is -0.170. The van der Waals surface area contributed by atoms with Gasteiger partial charge in [-0.1, -0.05) is 85.0 Å². The molecule has 0 bridgehead atoms. The van der Waals surface area contributed by atoms with Gasteiger partial charge in [0.2, 0.25) is 5.91 Å². The SMILES string of the molecule is O=C(C=CC=Cc1ccc(O)c(O)c1)N1CCN(CCOC(c2ccccc2)c2ccccc2)CC1. The van der Waals surface area contributed by atoms with Crippen molar-refractivity contribution in [1.29, 1.82) is 0 Å². The number of phenols is 2. The van der Waals surface area contributed by atoms with E-state index in [9.17, 15) is 15.0 Å². The van der Waals surface area contributed by atoms with E-state index in [1.165, 1.54) is 12.1 Å². The minimum absolute atomic E-state index is 0.0164. The average molecular weight is 485 g/mol. The normalized spacial score (nSPS) is 14.8. The summed E-state index contributed by atoms with van der Waals surface area (Å²) in [5, 5.41) is 18.9. The fraction of sp³-hybridized carbons (Fsp3) is 0.233. The number of carbonyl (C=O) groups is 1. The van der Waals surface area contributed by atoms with Gasteiger partial charge in [-0.2, -0.15) is 0 Å². The zero-order valence-electron chi connectivity index (χ0n) is 20.2. The lowest BCUT2D eigenvalue weighted by molar-refractivity contribution is -0.127. The first-order valence-corrected chi connectivity index (χ1v) is 12.2. The van der Waals surface area contributed by atoms with Gasteiger partial charge in [-0.15, -0.1) is 0 Å². The Kier molecular flexibility index (Phi) is 8.92. The van der Waals surface area contributed by atoms with Crippen LogP contribution in [0.15, 0.2) is 97.1 Å². The molecular weight excluding hydrogens is 452 g/mol. The highest BCUT2D eigenvalue weighted by Crippen LogP contribution is 2.26. The van der Waals surface area contributed by atoms with Gasteiger partial charge in [-0.3, -0.25) is 9.69 Å². The molecule has 36 heavy (non-hydrogen) atoms. The molecule has 186 valence electrons. The molecule has 3 aromatic carbocycles. The van der Waals surface area contributed by atoms with Crippen LogP contribution < -0.4 is 0 Å². The van der Waals surface area contributed by atoms with Gasteiger partial charge in [-0.25, -0.2) is 0 Å². The highest BCUT2D eigenvalue weighted by Gasteiger charge is 2.20. The van der Waals surface area contributed by atoms with Crippen LogP contribution in [0.3, 0.4) is 0 Å². The zero-order valence-corrected chi connectivity index (χ0v) is 20.2. The molecule has 1 amide bonds. The van der Waals surface area contributed by atoms with Crippen molar-refractivity contribution in [3.63, 3.8) is 0 Å². The molecule has 6 heteroatoms. The smallest absolute Gasteiger partial charge is 0.246 e. The highest BCUT2D eigenvalue weighted by molar-refractivity contribution is 5.88. The van der Waals surface area contributed by atoms with E-state index >= 15 is 0 Å². The Bertz CT molecular complexity index is 1130. The van der Waals surface area contributed by atoms with E-state index in [1.807, 2.05) is 41.3 Å². The van der Waals surface area contributed by atoms with Crippen LogP contribution in [-0.2, 0) is 9.53 Å². The Hall–Kier alpha value is -3.87. The maximum absolute atomic E-state index is 12.5. The molecule has 1 aliphatic heterocycles. The Morgan fingerprint density at radius 3 is 2.08 bits per heavy atom. The standard InChI is InChI=1S/C30H32N2O4/c33-27-16-15-24(23-28(27)34)9-7-8-14-29(35)32-19-17-31(18-20-32)21-22-36-30(25-10-3-1-4-11-25)26-12-5-2-6-13-26/h1-16,23,30,33-34H,17-22H2. The van der Waals surface area contributed by atoms with Crippen LogP contribution in [0, 0.1) is 0 Å². The molecule has 0 spiro atoms. The van der Waals surface area contributed by atoms with E-state index < -0.39 is 0 Å². The number of aromatic hydroxyl groups is 2. The lowest BCUT2D eigenvalue weighted by Crippen LogP contribution is -2.49. The molecule has 1 aliphatic rings. The van der Waals surface area contributed by atoms with Gasteiger partial charge in [0.1, 0.15) is 6.10 Å². The molecule has 0 radical (unpaired) electrons. The third kappa shape index (κ3) is 7.07. The Labute approximate surface area is 212 Å². The number of allylic oxidation sites excluding steroid dienone is 2. The monoisotopic (exact) mass is 484 g/mol. The summed E-state index contributed by atoms with van der Waals surface area (Å²) < 4.78 is 6.34. The summed E-state index contributed by atoms with van der Waals surface area (Å²) in [7, 11) is 0. The number of hydrogen-bond acceptors (Lipinski definition) is 5. The van der Waals surface area contributed by atoms with Gasteiger partial charge in [0.05, 0.1) is 6.61 Å². The molecule has 6 nitrogen and oxygen atoms in total. The summed E-state index contributed by atoms with van der Waals surface area (Å²) in [5.41, 5.74) is 3.02. The van der Waals surface area contributed by atoms with E-state index in [2.05, 4.69) is 29.2 Å². The number of amides is 1. The van der Waals surface area contributed by atoms with Crippen molar-refractivity contribution in [2.24, 2.45) is 0 Å². The summed E-state index contributed by atoms with van der Waals surface area (Å²) in [6.07, 6.45) is 6.66. The van der Waals surface area contributed by atoms with Crippen molar-refractivity contribution in [1.82, 2.24) is 9.80 Å². The number of ether oxygens (including phenoxy) is 1. The molecule has 0 aromatic heterocycles. The molecule has 0 aliphatic carbocycles. The molecule has 0 unspecified atom stereocenters. The predicted molar refractivity (Wildman–Crippen MR) is 142 cm³/mol. The van der Waals surface area contributed by atoms with Gasteiger partial charge in [0.15, 0.2) is 11.5 Å². The van der Waals surface area contributed by atoms with Gasteiger partial charge < -0.3 is 19.8 Å². The van der Waals surface area contributed by atoms with Gasteiger partial charge in [0.25, 0.3) is 0 Å². The fourth-order valence-electron chi connectivity index (χ4n) is 4.19. The lowest BCUT2D eigenvalue weighted by atomic mass is 10.0. The van der Waals surface area contributed by atoms with E-state index in [1.54, 1.807) is 30.4 Å². The van der Waals surface area contributed by atoms with Crippen molar-refractivity contribution < 1.29 is 19.7 Å². The average Bonchev–Trinajstić information content (AvgIpc) is 2.92. The van der Waals surface area contributed by atoms with Crippen LogP contribution in [0.1, 0.15) is 22.8 Å². The van der Waals surface area contributed by atoms with Crippen LogP contribution >= 0.6 is 0 Å². The highest BCUT2D eigenvalue weighted by atomic mass is 16.5. The first-order valence-electron chi connectivity index (χ1n) is 12.2. The van der Waals surface area contributed by atoms with E-state index in [-0.39, 0.29) is 23.5 Å². The van der Waals surface area contributed by atoms with Crippen LogP contribution in [-0.4, -0.2) is 65.3 Å². The molecule has 1 fully saturated rings. The summed E-state index contributed by atoms with van der Waals surface area (Å²) in [6, 6.07) is 25.1. The van der Waals surface area contributed by atoms with Crippen molar-refractivity contribution in [3.05, 3.63) is 114 Å². The second-order valence-electron chi connectivity index (χ2n) is 8.71. The van der Waals surface area contributed by atoms with E-state index in [0.717, 1.165) is 36.3 Å². The van der Waals surface area contributed by atoms with Crippen LogP contribution in [0.2, 0.25) is 0 Å². The largest absolute Gasteiger partial charge is 0.504 e. The summed E-state index contributed by atoms with van der Waals surface area (Å²) >= 11 is 0. The second-order valence-corrected chi connectivity index (χ2v) is 8.71. The molecule has 1 heterocycles. The molecule has 3 aromatic rings. The number of hydrogen-bond donors (Lipinski definition) is 2. The molecular formula is C30H32N2O4. The topological polar surface area (TPSA) is 73.2 Å². The Morgan fingerprint density at radius 2 is 1.47 bits per heavy atom. The number of benzene rings is 3. The second kappa shape index (κ2) is 12.7. The summed E-state index contributed by atoms with van der Waals surface area (Å²) in [5.74, 6) is -0.343. The maximum Gasteiger partial charge on any atom is 0.246 e. The summed E-state index contributed by atoms with van der Waals surface area (Å²) in [6.45, 7) is 4.41. The minimum Gasteiger partial charge on any atom is -0.504 e. The van der Waals surface area contributed by atoms with Gasteiger partial charge >= 0.3 is 0 Å². The van der Waals surface area contributed by atoms with E-state index in [4.69, 9.17) is 4.74 Å². The maximum atomic E-state index is 12.5. The van der Waals surface area contributed by atoms with Crippen LogP contribution in [0.4, 0.5) is 0 Å². The first kappa shape index (κ1) is 25.2. The first-order chi connectivity index (χ1) is 17.6. The van der Waals surface area contributed by atoms with Crippen molar-refractivity contribution in [2.45, 2.75) is 6.10 Å². The van der Waals surface area contributed by atoms with Crippen LogP contribution in [0.25, 0.3) is 6.08 Å². The fourth-order valence-corrected chi connectivity index (χ4v) is 4.19. The number of nitrogens with zero attached hydrogens (tertiary/aromatic N) is 2. The van der Waals surface area contributed by atoms with E-state index in [0.29, 0.717) is 19.7 Å². The molecule has 2 N–H and O–H groups in total. The quantitative estimate of drug-likeness (QED) is 0.264. The van der Waals surface area contributed by atoms with Crippen molar-refractivity contribution in [3.8, 4) is 11.5 Å². The molecule has 0 saturated carbocycles. The zero-order chi connectivity index (χ0) is 25.2. The number of rotatable bonds is 9. The van der Waals surface area contributed by atoms with Crippen molar-refractivity contribution in [2.75, 3.05) is 39.3 Å². The molecule has 0 atom stereocenters. The third-order valence-electron chi connectivity index (χ3n) is 6.22. The Balaban J connectivity index is 1.22. The van der Waals surface area contributed by atoms with Crippen LogP contribution in [0.5, 0.6) is 11.5 Å².